The molecule has 0 heterocycles. The second-order valence-corrected chi connectivity index (χ2v) is 7.51. The Morgan fingerprint density at radius 2 is 1.10 bits per heavy atom. The lowest BCUT2D eigenvalue weighted by Gasteiger charge is -2.22. The van der Waals surface area contributed by atoms with Gasteiger partial charge in [-0.3, -0.25) is 0 Å². The Morgan fingerprint density at radius 1 is 0.655 bits per heavy atom. The van der Waals surface area contributed by atoms with Crippen LogP contribution in [0.3, 0.4) is 0 Å². The number of ether oxygens (including phenoxy) is 2. The number of benzene rings is 3. The molecule has 3 aromatic rings. The minimum absolute atomic E-state index is 0.135. The fourth-order valence-corrected chi connectivity index (χ4v) is 3.18. The minimum atomic E-state index is -0.135. The molecule has 3 aromatic carbocycles. The normalized spacial score (nSPS) is 10.8. The van der Waals surface area contributed by atoms with E-state index in [1.807, 2.05) is 52.5 Å². The monoisotopic (exact) mass is 390 g/mol. The highest BCUT2D eigenvalue weighted by atomic mass is 16.5. The third kappa shape index (κ3) is 5.30. The molecule has 0 aliphatic heterocycles. The molecule has 0 bridgehead atoms. The molecular formula is C25H30N2O2. The van der Waals surface area contributed by atoms with Gasteiger partial charge in [-0.25, -0.2) is 0 Å². The topological polar surface area (TPSA) is 24.9 Å². The van der Waals surface area contributed by atoms with Crippen LogP contribution in [0.4, 0.5) is 11.4 Å². The van der Waals surface area contributed by atoms with Crippen LogP contribution in [0.2, 0.25) is 0 Å². The Bertz CT molecular complexity index is 834. The molecule has 152 valence electrons. The van der Waals surface area contributed by atoms with E-state index in [-0.39, 0.29) is 6.10 Å². The summed E-state index contributed by atoms with van der Waals surface area (Å²) >= 11 is 0. The van der Waals surface area contributed by atoms with E-state index in [9.17, 15) is 0 Å². The van der Waals surface area contributed by atoms with Crippen LogP contribution in [0.25, 0.3) is 0 Å². The van der Waals surface area contributed by atoms with Gasteiger partial charge in [0.05, 0.1) is 13.7 Å². The van der Waals surface area contributed by atoms with Crippen LogP contribution in [0.15, 0.2) is 72.8 Å². The summed E-state index contributed by atoms with van der Waals surface area (Å²) in [4.78, 5) is 4.20. The predicted octanol–water partition coefficient (Wildman–Crippen LogP) is 5.13. The molecule has 0 radical (unpaired) electrons. The van der Waals surface area contributed by atoms with Crippen molar-refractivity contribution in [2.24, 2.45) is 0 Å². The zero-order chi connectivity index (χ0) is 20.8. The predicted molar refractivity (Wildman–Crippen MR) is 121 cm³/mol. The molecule has 0 spiro atoms. The van der Waals surface area contributed by atoms with Crippen LogP contribution < -0.4 is 14.5 Å². The van der Waals surface area contributed by atoms with Crippen molar-refractivity contribution in [3.63, 3.8) is 0 Å². The first-order valence-corrected chi connectivity index (χ1v) is 9.77. The first-order chi connectivity index (χ1) is 14.0. The van der Waals surface area contributed by atoms with Gasteiger partial charge in [0.2, 0.25) is 0 Å². The molecule has 0 unspecified atom stereocenters. The maximum Gasteiger partial charge on any atom is 0.118 e. The van der Waals surface area contributed by atoms with E-state index in [2.05, 4.69) is 58.3 Å². The Labute approximate surface area is 174 Å². The summed E-state index contributed by atoms with van der Waals surface area (Å²) in [5.74, 6) is 0.851. The van der Waals surface area contributed by atoms with E-state index < -0.39 is 0 Å². The average Bonchev–Trinajstić information content (AvgIpc) is 2.75. The molecule has 0 aliphatic rings. The van der Waals surface area contributed by atoms with Crippen LogP contribution in [-0.2, 0) is 11.3 Å². The Hall–Kier alpha value is -2.98. The summed E-state index contributed by atoms with van der Waals surface area (Å²) in [5.41, 5.74) is 5.74. The molecule has 0 amide bonds. The van der Waals surface area contributed by atoms with Gasteiger partial charge in [0, 0.05) is 39.6 Å². The summed E-state index contributed by atoms with van der Waals surface area (Å²) in [7, 11) is 9.87. The van der Waals surface area contributed by atoms with Crippen molar-refractivity contribution in [2.45, 2.75) is 12.7 Å². The Kier molecular flexibility index (Phi) is 6.78. The molecule has 0 saturated heterocycles. The smallest absolute Gasteiger partial charge is 0.118 e. The second kappa shape index (κ2) is 9.48. The van der Waals surface area contributed by atoms with Crippen LogP contribution in [0, 0.1) is 0 Å². The fraction of sp³-hybridized carbons (Fsp3) is 0.280. The van der Waals surface area contributed by atoms with Gasteiger partial charge in [0.1, 0.15) is 11.9 Å². The van der Waals surface area contributed by atoms with Crippen LogP contribution in [-0.4, -0.2) is 35.3 Å². The third-order valence-electron chi connectivity index (χ3n) is 5.00. The molecule has 4 nitrogen and oxygen atoms in total. The van der Waals surface area contributed by atoms with Crippen molar-refractivity contribution < 1.29 is 9.47 Å². The summed E-state index contributed by atoms with van der Waals surface area (Å²) in [6.07, 6.45) is -0.135. The third-order valence-corrected chi connectivity index (χ3v) is 5.00. The number of anilines is 2. The van der Waals surface area contributed by atoms with Crippen molar-refractivity contribution in [1.29, 1.82) is 0 Å². The summed E-state index contributed by atoms with van der Waals surface area (Å²) < 4.78 is 11.7. The van der Waals surface area contributed by atoms with E-state index >= 15 is 0 Å². The maximum absolute atomic E-state index is 6.41. The van der Waals surface area contributed by atoms with Crippen LogP contribution in [0.5, 0.6) is 5.75 Å². The van der Waals surface area contributed by atoms with Gasteiger partial charge >= 0.3 is 0 Å². The summed E-state index contributed by atoms with van der Waals surface area (Å²) in [6, 6.07) is 25.1. The van der Waals surface area contributed by atoms with Gasteiger partial charge in [0.15, 0.2) is 0 Å². The van der Waals surface area contributed by atoms with Crippen LogP contribution in [0.1, 0.15) is 22.8 Å². The zero-order valence-corrected chi connectivity index (χ0v) is 17.9. The Morgan fingerprint density at radius 3 is 1.48 bits per heavy atom. The van der Waals surface area contributed by atoms with E-state index in [4.69, 9.17) is 9.47 Å². The number of nitrogens with zero attached hydrogens (tertiary/aromatic N) is 2. The molecule has 0 fully saturated rings. The van der Waals surface area contributed by atoms with E-state index in [1.54, 1.807) is 7.11 Å². The van der Waals surface area contributed by atoms with Gasteiger partial charge in [-0.1, -0.05) is 36.4 Å². The lowest BCUT2D eigenvalue weighted by molar-refractivity contribution is 0.0667. The van der Waals surface area contributed by atoms with Crippen molar-refractivity contribution >= 4 is 11.4 Å². The summed E-state index contributed by atoms with van der Waals surface area (Å²) in [6.45, 7) is 0.527. The SMILES string of the molecule is COc1ccc(COC(c2ccc(N(C)C)cc2)c2ccc(N(C)C)cc2)cc1. The number of methoxy groups -OCH3 is 1. The van der Waals surface area contributed by atoms with Crippen LogP contribution >= 0.6 is 0 Å². The molecule has 0 aliphatic carbocycles. The van der Waals surface area contributed by atoms with Gasteiger partial charge in [-0.15, -0.1) is 0 Å². The first kappa shape index (κ1) is 20.7. The van der Waals surface area contributed by atoms with Crippen molar-refractivity contribution in [3.8, 4) is 5.75 Å². The number of hydrogen-bond donors (Lipinski definition) is 0. The maximum atomic E-state index is 6.41. The standard InChI is InChI=1S/C25H30N2O2/c1-26(2)22-12-8-20(9-13-22)25(21-10-14-23(15-11-21)27(3)4)29-18-19-6-16-24(28-5)17-7-19/h6-17,25H,18H2,1-5H3. The average molecular weight is 391 g/mol. The molecule has 0 aromatic heterocycles. The van der Waals surface area contributed by atoms with Crippen molar-refractivity contribution in [2.75, 3.05) is 45.1 Å². The Balaban J connectivity index is 1.85. The molecule has 0 saturated carbocycles. The highest BCUT2D eigenvalue weighted by molar-refractivity contribution is 5.50. The highest BCUT2D eigenvalue weighted by Gasteiger charge is 2.16. The van der Waals surface area contributed by atoms with Crippen molar-refractivity contribution in [1.82, 2.24) is 0 Å². The van der Waals surface area contributed by atoms with E-state index in [0.29, 0.717) is 6.61 Å². The largest absolute Gasteiger partial charge is 0.497 e. The molecule has 0 N–H and O–H groups in total. The van der Waals surface area contributed by atoms with Gasteiger partial charge in [-0.05, 0) is 53.1 Å². The van der Waals surface area contributed by atoms with Gasteiger partial charge in [0.25, 0.3) is 0 Å². The molecule has 29 heavy (non-hydrogen) atoms. The molecule has 3 rings (SSSR count). The zero-order valence-electron chi connectivity index (χ0n) is 17.9. The van der Waals surface area contributed by atoms with Crippen molar-refractivity contribution in [3.05, 3.63) is 89.5 Å². The van der Waals surface area contributed by atoms with E-state index in [1.165, 1.54) is 11.4 Å². The first-order valence-electron chi connectivity index (χ1n) is 9.77. The lowest BCUT2D eigenvalue weighted by Crippen LogP contribution is -2.11. The van der Waals surface area contributed by atoms with E-state index in [0.717, 1.165) is 22.4 Å². The second-order valence-electron chi connectivity index (χ2n) is 7.51. The molecular weight excluding hydrogens is 360 g/mol. The fourth-order valence-electron chi connectivity index (χ4n) is 3.18. The minimum Gasteiger partial charge on any atom is -0.497 e. The highest BCUT2D eigenvalue weighted by Crippen LogP contribution is 2.30. The lowest BCUT2D eigenvalue weighted by atomic mass is 10.0. The number of hydrogen-bond acceptors (Lipinski definition) is 4. The van der Waals surface area contributed by atoms with Gasteiger partial charge in [-0.2, -0.15) is 0 Å². The summed E-state index contributed by atoms with van der Waals surface area (Å²) in [5, 5.41) is 0. The molecule has 0 atom stereocenters. The van der Waals surface area contributed by atoms with Gasteiger partial charge < -0.3 is 19.3 Å². The molecule has 4 heteroatoms. The quantitative estimate of drug-likeness (QED) is 0.532. The number of rotatable bonds is 8.